The maximum atomic E-state index is 12.5. The molecule has 1 aliphatic heterocycles. The number of pyridine rings is 1. The van der Waals surface area contributed by atoms with Crippen LogP contribution >= 0.6 is 0 Å². The molecular weight excluding hydrogens is 252 g/mol. The maximum absolute atomic E-state index is 12.5. The Bertz CT molecular complexity index is 642. The van der Waals surface area contributed by atoms with E-state index in [1.165, 1.54) is 0 Å². The summed E-state index contributed by atoms with van der Waals surface area (Å²) < 4.78 is 0. The van der Waals surface area contributed by atoms with E-state index in [9.17, 15) is 9.59 Å². The summed E-state index contributed by atoms with van der Waals surface area (Å²) in [6.45, 7) is 7.27. The fourth-order valence-corrected chi connectivity index (χ4v) is 2.18. The number of aryl methyl sites for hydroxylation is 1. The fourth-order valence-electron chi connectivity index (χ4n) is 2.18. The van der Waals surface area contributed by atoms with Gasteiger partial charge >= 0.3 is 0 Å². The van der Waals surface area contributed by atoms with Gasteiger partial charge in [-0.25, -0.2) is 9.88 Å². The van der Waals surface area contributed by atoms with Crippen LogP contribution in [0, 0.1) is 6.92 Å². The van der Waals surface area contributed by atoms with Crippen LogP contribution in [0.2, 0.25) is 0 Å². The topological polar surface area (TPSA) is 50.3 Å². The van der Waals surface area contributed by atoms with Crippen LogP contribution in [-0.4, -0.2) is 16.8 Å². The Kier molecular flexibility index (Phi) is 3.94. The van der Waals surface area contributed by atoms with Crippen molar-refractivity contribution in [2.75, 3.05) is 4.90 Å². The lowest BCUT2D eigenvalue weighted by molar-refractivity contribution is -0.120. The summed E-state index contributed by atoms with van der Waals surface area (Å²) in [7, 11) is 0. The highest BCUT2D eigenvalue weighted by molar-refractivity contribution is 6.33. The maximum Gasteiger partial charge on any atom is 0.267 e. The first-order valence-corrected chi connectivity index (χ1v) is 6.39. The third-order valence-electron chi connectivity index (χ3n) is 3.10. The van der Waals surface area contributed by atoms with E-state index in [4.69, 9.17) is 0 Å². The number of aromatic nitrogens is 1. The highest BCUT2D eigenvalue weighted by atomic mass is 16.2. The molecule has 0 atom stereocenters. The summed E-state index contributed by atoms with van der Waals surface area (Å²) in [5, 5.41) is 0. The van der Waals surface area contributed by atoms with Crippen LogP contribution in [0.25, 0.3) is 0 Å². The molecular formula is C16H16N2O2. The highest BCUT2D eigenvalue weighted by Gasteiger charge is 2.38. The minimum atomic E-state index is -0.327. The first-order valence-electron chi connectivity index (χ1n) is 6.39. The van der Waals surface area contributed by atoms with Crippen molar-refractivity contribution in [3.05, 3.63) is 59.8 Å². The standard InChI is InChI=1S/C16H16N2O2/c1-4-7-12-13(8-5-2)16(20)18(15(12)19)14-11(3)9-6-10-17-14/h4-6,8-10H,1,7H2,2-3H3/b8-5-. The predicted octanol–water partition coefficient (Wildman–Crippen LogP) is 2.71. The minimum absolute atomic E-state index is 0.315. The summed E-state index contributed by atoms with van der Waals surface area (Å²) in [5.41, 5.74) is 1.67. The lowest BCUT2D eigenvalue weighted by Gasteiger charge is -2.15. The summed E-state index contributed by atoms with van der Waals surface area (Å²) in [6, 6.07) is 3.60. The molecule has 0 spiro atoms. The molecule has 0 unspecified atom stereocenters. The summed E-state index contributed by atoms with van der Waals surface area (Å²) in [5.74, 6) is -0.250. The summed E-state index contributed by atoms with van der Waals surface area (Å²) >= 11 is 0. The van der Waals surface area contributed by atoms with Crippen molar-refractivity contribution in [3.8, 4) is 0 Å². The molecule has 1 aromatic heterocycles. The Morgan fingerprint density at radius 3 is 2.70 bits per heavy atom. The van der Waals surface area contributed by atoms with Crippen molar-refractivity contribution >= 4 is 17.6 Å². The number of amides is 2. The van der Waals surface area contributed by atoms with Gasteiger partial charge in [0.1, 0.15) is 5.82 Å². The second-order valence-corrected chi connectivity index (χ2v) is 4.47. The molecule has 2 rings (SSSR count). The average molecular weight is 268 g/mol. The molecule has 0 aliphatic carbocycles. The Hall–Kier alpha value is -2.49. The molecule has 2 heterocycles. The first kappa shape index (κ1) is 13.9. The van der Waals surface area contributed by atoms with E-state index in [1.54, 1.807) is 30.5 Å². The van der Waals surface area contributed by atoms with Crippen molar-refractivity contribution in [3.63, 3.8) is 0 Å². The molecule has 0 saturated heterocycles. The van der Waals surface area contributed by atoms with Crippen LogP contribution in [0.3, 0.4) is 0 Å². The molecule has 102 valence electrons. The van der Waals surface area contributed by atoms with Gasteiger partial charge in [0.2, 0.25) is 0 Å². The Labute approximate surface area is 118 Å². The van der Waals surface area contributed by atoms with Crippen LogP contribution in [0.4, 0.5) is 5.82 Å². The Balaban J connectivity index is 2.52. The predicted molar refractivity (Wildman–Crippen MR) is 78.1 cm³/mol. The van der Waals surface area contributed by atoms with Gasteiger partial charge in [0.25, 0.3) is 11.8 Å². The van der Waals surface area contributed by atoms with Crippen LogP contribution in [-0.2, 0) is 9.59 Å². The van der Waals surface area contributed by atoms with Gasteiger partial charge in [-0.05, 0) is 31.9 Å². The van der Waals surface area contributed by atoms with Crippen molar-refractivity contribution in [1.29, 1.82) is 0 Å². The number of carbonyl (C=O) groups is 2. The number of carbonyl (C=O) groups excluding carboxylic acids is 2. The fraction of sp³-hybridized carbons (Fsp3) is 0.188. The number of anilines is 1. The number of hydrogen-bond donors (Lipinski definition) is 0. The second-order valence-electron chi connectivity index (χ2n) is 4.47. The largest absolute Gasteiger partial charge is 0.268 e. The number of rotatable bonds is 4. The second kappa shape index (κ2) is 5.65. The van der Waals surface area contributed by atoms with E-state index in [0.29, 0.717) is 23.4 Å². The van der Waals surface area contributed by atoms with E-state index in [1.807, 2.05) is 19.9 Å². The third kappa shape index (κ3) is 2.20. The van der Waals surface area contributed by atoms with E-state index in [2.05, 4.69) is 11.6 Å². The molecule has 2 amide bonds. The third-order valence-corrected chi connectivity index (χ3v) is 3.10. The molecule has 0 N–H and O–H groups in total. The lowest BCUT2D eigenvalue weighted by Crippen LogP contribution is -2.33. The van der Waals surface area contributed by atoms with E-state index in [-0.39, 0.29) is 11.8 Å². The molecule has 4 nitrogen and oxygen atoms in total. The normalized spacial score (nSPS) is 15.6. The van der Waals surface area contributed by atoms with Gasteiger partial charge < -0.3 is 0 Å². The number of imide groups is 1. The molecule has 20 heavy (non-hydrogen) atoms. The van der Waals surface area contributed by atoms with Crippen molar-refractivity contribution in [1.82, 2.24) is 4.98 Å². The molecule has 0 radical (unpaired) electrons. The SMILES string of the molecule is C=CCC1=C(/C=C\C)C(=O)N(c2ncccc2C)C1=O. The van der Waals surface area contributed by atoms with Crippen molar-refractivity contribution in [2.45, 2.75) is 20.3 Å². The van der Waals surface area contributed by atoms with Gasteiger partial charge in [0.15, 0.2) is 0 Å². The van der Waals surface area contributed by atoms with Gasteiger partial charge in [0.05, 0.1) is 0 Å². The zero-order valence-corrected chi connectivity index (χ0v) is 11.6. The zero-order chi connectivity index (χ0) is 14.7. The van der Waals surface area contributed by atoms with Gasteiger partial charge in [-0.1, -0.05) is 24.3 Å². The molecule has 1 aliphatic rings. The Morgan fingerprint density at radius 1 is 1.35 bits per heavy atom. The molecule has 1 aromatic rings. The summed E-state index contributed by atoms with van der Waals surface area (Å²) in [4.78, 5) is 30.2. The number of allylic oxidation sites excluding steroid dienone is 2. The molecule has 0 bridgehead atoms. The average Bonchev–Trinajstić information content (AvgIpc) is 2.65. The highest BCUT2D eigenvalue weighted by Crippen LogP contribution is 2.30. The molecule has 4 heteroatoms. The number of nitrogens with zero attached hydrogens (tertiary/aromatic N) is 2. The van der Waals surface area contributed by atoms with Crippen LogP contribution in [0.5, 0.6) is 0 Å². The van der Waals surface area contributed by atoms with Gasteiger partial charge in [-0.3, -0.25) is 9.59 Å². The molecule has 0 saturated carbocycles. The Morgan fingerprint density at radius 2 is 2.10 bits per heavy atom. The van der Waals surface area contributed by atoms with Gasteiger partial charge in [-0.2, -0.15) is 0 Å². The lowest BCUT2D eigenvalue weighted by atomic mass is 10.1. The first-order chi connectivity index (χ1) is 9.61. The number of hydrogen-bond acceptors (Lipinski definition) is 3. The zero-order valence-electron chi connectivity index (χ0n) is 11.6. The van der Waals surface area contributed by atoms with E-state index >= 15 is 0 Å². The van der Waals surface area contributed by atoms with Crippen LogP contribution in [0.15, 0.2) is 54.3 Å². The monoisotopic (exact) mass is 268 g/mol. The van der Waals surface area contributed by atoms with Crippen LogP contribution < -0.4 is 4.90 Å². The smallest absolute Gasteiger partial charge is 0.267 e. The minimum Gasteiger partial charge on any atom is -0.268 e. The summed E-state index contributed by atoms with van der Waals surface area (Å²) in [6.07, 6.45) is 6.98. The van der Waals surface area contributed by atoms with E-state index in [0.717, 1.165) is 10.5 Å². The molecule has 0 aromatic carbocycles. The quantitative estimate of drug-likeness (QED) is 0.623. The van der Waals surface area contributed by atoms with Gasteiger partial charge in [0, 0.05) is 17.3 Å². The van der Waals surface area contributed by atoms with Gasteiger partial charge in [-0.15, -0.1) is 6.58 Å². The molecule has 0 fully saturated rings. The van der Waals surface area contributed by atoms with E-state index < -0.39 is 0 Å². The van der Waals surface area contributed by atoms with Crippen molar-refractivity contribution in [2.24, 2.45) is 0 Å². The van der Waals surface area contributed by atoms with Crippen LogP contribution in [0.1, 0.15) is 18.9 Å². The van der Waals surface area contributed by atoms with Crippen molar-refractivity contribution < 1.29 is 9.59 Å².